The Morgan fingerprint density at radius 3 is 2.74 bits per heavy atom. The highest BCUT2D eigenvalue weighted by Crippen LogP contribution is 2.48. The SMILES string of the molecule is CCCCC(C)[C@H](O)/C=C/[C@H]1[C@H]2CC(CCCc3ccccc3C(=O)O)=C[C@H]2C[C@H]1O. The molecule has 170 valence electrons. The Hall–Kier alpha value is -1.91. The average Bonchev–Trinajstić information content (AvgIpc) is 3.26. The van der Waals surface area contributed by atoms with Gasteiger partial charge in [-0.15, -0.1) is 0 Å². The van der Waals surface area contributed by atoms with Gasteiger partial charge in [-0.3, -0.25) is 0 Å². The van der Waals surface area contributed by atoms with Crippen molar-refractivity contribution in [3.8, 4) is 0 Å². The molecule has 1 unspecified atom stereocenters. The molecular formula is C27H38O4. The first-order valence-electron chi connectivity index (χ1n) is 12.0. The number of carboxylic acid groups (broad SMARTS) is 1. The number of benzene rings is 1. The van der Waals surface area contributed by atoms with Crippen LogP contribution in [0.3, 0.4) is 0 Å². The molecule has 1 aromatic rings. The van der Waals surface area contributed by atoms with Crippen LogP contribution in [0.15, 0.2) is 48.1 Å². The zero-order valence-electron chi connectivity index (χ0n) is 18.9. The van der Waals surface area contributed by atoms with Gasteiger partial charge in [0.05, 0.1) is 17.8 Å². The van der Waals surface area contributed by atoms with Gasteiger partial charge in [0.25, 0.3) is 0 Å². The molecule has 1 aromatic carbocycles. The summed E-state index contributed by atoms with van der Waals surface area (Å²) in [6.07, 6.45) is 13.3. The number of aryl methyl sites for hydroxylation is 1. The van der Waals surface area contributed by atoms with E-state index < -0.39 is 12.1 Å². The van der Waals surface area contributed by atoms with Gasteiger partial charge in [0.2, 0.25) is 0 Å². The Kier molecular flexibility index (Phi) is 8.50. The third-order valence-corrected chi connectivity index (χ3v) is 7.27. The Morgan fingerprint density at radius 2 is 2.00 bits per heavy atom. The monoisotopic (exact) mass is 426 g/mol. The topological polar surface area (TPSA) is 77.8 Å². The Balaban J connectivity index is 1.52. The number of allylic oxidation sites excluding steroid dienone is 2. The van der Waals surface area contributed by atoms with Gasteiger partial charge >= 0.3 is 5.97 Å². The number of hydrogen-bond donors (Lipinski definition) is 3. The van der Waals surface area contributed by atoms with E-state index in [-0.39, 0.29) is 17.9 Å². The first-order valence-corrected chi connectivity index (χ1v) is 12.0. The summed E-state index contributed by atoms with van der Waals surface area (Å²) in [4.78, 5) is 11.4. The summed E-state index contributed by atoms with van der Waals surface area (Å²) in [7, 11) is 0. The van der Waals surface area contributed by atoms with Gasteiger partial charge in [-0.1, -0.05) is 68.7 Å². The number of rotatable bonds is 11. The van der Waals surface area contributed by atoms with E-state index in [0.29, 0.717) is 17.4 Å². The third-order valence-electron chi connectivity index (χ3n) is 7.27. The van der Waals surface area contributed by atoms with Crippen LogP contribution < -0.4 is 0 Å². The zero-order chi connectivity index (χ0) is 22.4. The second-order valence-electron chi connectivity index (χ2n) is 9.55. The van der Waals surface area contributed by atoms with Crippen LogP contribution in [0.4, 0.5) is 0 Å². The number of aromatic carboxylic acids is 1. The van der Waals surface area contributed by atoms with Gasteiger partial charge in [-0.05, 0) is 67.9 Å². The minimum Gasteiger partial charge on any atom is -0.478 e. The minimum absolute atomic E-state index is 0.111. The summed E-state index contributed by atoms with van der Waals surface area (Å²) in [6, 6.07) is 7.25. The number of unbranched alkanes of at least 4 members (excludes halogenated alkanes) is 1. The van der Waals surface area contributed by atoms with Crippen LogP contribution in [0.2, 0.25) is 0 Å². The molecule has 0 aliphatic heterocycles. The first kappa shape index (κ1) is 23.7. The van der Waals surface area contributed by atoms with Crippen LogP contribution in [0, 0.1) is 23.7 Å². The standard InChI is InChI=1S/C27H38O4/c1-3-4-8-18(2)25(28)14-13-23-24-16-19(15-21(24)17-26(23)29)9-7-11-20-10-5-6-12-22(20)27(30)31/h5-6,10,12-15,18,21,23-26,28-29H,3-4,7-9,11,16-17H2,1-2H3,(H,30,31)/b14-13+/t18?,21-,23-,24-,25+,26+/m0/s1. The van der Waals surface area contributed by atoms with E-state index in [1.807, 2.05) is 18.2 Å². The van der Waals surface area contributed by atoms with Gasteiger partial charge in [0, 0.05) is 5.92 Å². The second kappa shape index (κ2) is 11.1. The van der Waals surface area contributed by atoms with Crippen molar-refractivity contribution in [2.24, 2.45) is 23.7 Å². The lowest BCUT2D eigenvalue weighted by atomic mass is 9.87. The molecule has 2 aliphatic rings. The van der Waals surface area contributed by atoms with Gasteiger partial charge in [-0.25, -0.2) is 4.79 Å². The summed E-state index contributed by atoms with van der Waals surface area (Å²) >= 11 is 0. The Labute approximate surface area is 186 Å². The summed E-state index contributed by atoms with van der Waals surface area (Å²) in [5.74, 6) is 0.336. The molecule has 2 aliphatic carbocycles. The van der Waals surface area contributed by atoms with Crippen molar-refractivity contribution < 1.29 is 20.1 Å². The van der Waals surface area contributed by atoms with Gasteiger partial charge in [0.1, 0.15) is 0 Å². The van der Waals surface area contributed by atoms with Crippen LogP contribution in [0.5, 0.6) is 0 Å². The zero-order valence-corrected chi connectivity index (χ0v) is 18.9. The van der Waals surface area contributed by atoms with Crippen molar-refractivity contribution in [2.75, 3.05) is 0 Å². The fourth-order valence-corrected chi connectivity index (χ4v) is 5.37. The third kappa shape index (κ3) is 6.08. The quantitative estimate of drug-likeness (QED) is 0.414. The highest BCUT2D eigenvalue weighted by Gasteiger charge is 2.43. The molecule has 0 aromatic heterocycles. The highest BCUT2D eigenvalue weighted by atomic mass is 16.4. The molecule has 3 rings (SSSR count). The molecule has 4 heteroatoms. The Bertz CT molecular complexity index is 796. The van der Waals surface area contributed by atoms with Crippen molar-refractivity contribution in [3.63, 3.8) is 0 Å². The molecular weight excluding hydrogens is 388 g/mol. The molecule has 0 heterocycles. The lowest BCUT2D eigenvalue weighted by Crippen LogP contribution is -2.20. The normalized spacial score (nSPS) is 27.3. The lowest BCUT2D eigenvalue weighted by Gasteiger charge is -2.20. The second-order valence-corrected chi connectivity index (χ2v) is 9.55. The number of carbonyl (C=O) groups is 1. The van der Waals surface area contributed by atoms with Crippen molar-refractivity contribution in [1.29, 1.82) is 0 Å². The summed E-state index contributed by atoms with van der Waals surface area (Å²) < 4.78 is 0. The van der Waals surface area contributed by atoms with Crippen molar-refractivity contribution in [3.05, 3.63) is 59.2 Å². The number of aliphatic hydroxyl groups is 2. The maximum absolute atomic E-state index is 11.4. The van der Waals surface area contributed by atoms with Crippen LogP contribution in [0.25, 0.3) is 0 Å². The molecule has 6 atom stereocenters. The van der Waals surface area contributed by atoms with Crippen molar-refractivity contribution in [2.45, 2.75) is 77.4 Å². The number of carboxylic acids is 1. The molecule has 4 nitrogen and oxygen atoms in total. The summed E-state index contributed by atoms with van der Waals surface area (Å²) in [6.45, 7) is 4.26. The fraction of sp³-hybridized carbons (Fsp3) is 0.593. The van der Waals surface area contributed by atoms with Crippen LogP contribution in [-0.2, 0) is 6.42 Å². The van der Waals surface area contributed by atoms with Crippen molar-refractivity contribution in [1.82, 2.24) is 0 Å². The van der Waals surface area contributed by atoms with E-state index in [2.05, 4.69) is 26.0 Å². The predicted molar refractivity (Wildman–Crippen MR) is 124 cm³/mol. The molecule has 1 fully saturated rings. The van der Waals surface area contributed by atoms with Gasteiger partial charge in [0.15, 0.2) is 0 Å². The molecule has 0 saturated heterocycles. The lowest BCUT2D eigenvalue weighted by molar-refractivity contribution is 0.0695. The predicted octanol–water partition coefficient (Wildman–Crippen LogP) is 5.39. The molecule has 0 amide bonds. The van der Waals surface area contributed by atoms with Crippen molar-refractivity contribution >= 4 is 5.97 Å². The number of aliphatic hydroxyl groups excluding tert-OH is 2. The smallest absolute Gasteiger partial charge is 0.335 e. The average molecular weight is 427 g/mol. The van der Waals surface area contributed by atoms with E-state index in [4.69, 9.17) is 0 Å². The van der Waals surface area contributed by atoms with E-state index in [0.717, 1.165) is 56.9 Å². The van der Waals surface area contributed by atoms with E-state index in [9.17, 15) is 20.1 Å². The molecule has 0 spiro atoms. The Morgan fingerprint density at radius 1 is 1.23 bits per heavy atom. The first-order chi connectivity index (χ1) is 14.9. The minimum atomic E-state index is -0.861. The molecule has 1 saturated carbocycles. The maximum atomic E-state index is 11.4. The molecule has 31 heavy (non-hydrogen) atoms. The van der Waals surface area contributed by atoms with E-state index >= 15 is 0 Å². The fourth-order valence-electron chi connectivity index (χ4n) is 5.37. The van der Waals surface area contributed by atoms with Crippen LogP contribution in [0.1, 0.15) is 74.7 Å². The maximum Gasteiger partial charge on any atom is 0.335 e. The molecule has 0 radical (unpaired) electrons. The van der Waals surface area contributed by atoms with Crippen LogP contribution in [-0.4, -0.2) is 33.5 Å². The van der Waals surface area contributed by atoms with Gasteiger partial charge < -0.3 is 15.3 Å². The van der Waals surface area contributed by atoms with Crippen LogP contribution >= 0.6 is 0 Å². The number of hydrogen-bond acceptors (Lipinski definition) is 3. The highest BCUT2D eigenvalue weighted by molar-refractivity contribution is 5.89. The summed E-state index contributed by atoms with van der Waals surface area (Å²) in [5, 5.41) is 30.4. The van der Waals surface area contributed by atoms with Gasteiger partial charge in [-0.2, -0.15) is 0 Å². The largest absolute Gasteiger partial charge is 0.478 e. The molecule has 0 bridgehead atoms. The summed E-state index contributed by atoms with van der Waals surface area (Å²) in [5.41, 5.74) is 2.74. The van der Waals surface area contributed by atoms with E-state index in [1.165, 1.54) is 5.57 Å². The van der Waals surface area contributed by atoms with E-state index in [1.54, 1.807) is 12.1 Å². The number of fused-ring (bicyclic) bond motifs is 1. The molecule has 3 N–H and O–H groups in total.